The molecule has 2 N–H and O–H groups in total. The average molecular weight is 376 g/mol. The van der Waals surface area contributed by atoms with Crippen molar-refractivity contribution < 1.29 is 23.9 Å². The number of hydrogen-bond acceptors (Lipinski definition) is 5. The lowest BCUT2D eigenvalue weighted by Gasteiger charge is -2.18. The first-order valence-corrected chi connectivity index (χ1v) is 9.36. The Labute approximate surface area is 159 Å². The molecule has 0 aliphatic carbocycles. The molecule has 27 heavy (non-hydrogen) atoms. The number of nitrogens with one attached hydrogen (secondary N) is 2. The topological polar surface area (TPSA) is 97.0 Å². The molecular formula is C20H28N2O5. The predicted octanol–water partition coefficient (Wildman–Crippen LogP) is 1.21. The molecule has 148 valence electrons. The zero-order valence-electron chi connectivity index (χ0n) is 16.1. The molecule has 1 aromatic carbocycles. The Morgan fingerprint density at radius 1 is 1.15 bits per heavy atom. The van der Waals surface area contributed by atoms with E-state index in [1.54, 1.807) is 6.92 Å². The van der Waals surface area contributed by atoms with E-state index in [9.17, 15) is 14.4 Å². The summed E-state index contributed by atoms with van der Waals surface area (Å²) >= 11 is 0. The van der Waals surface area contributed by atoms with Crippen LogP contribution in [0.2, 0.25) is 0 Å². The number of amides is 2. The highest BCUT2D eigenvalue weighted by atomic mass is 16.6. The van der Waals surface area contributed by atoms with E-state index in [2.05, 4.69) is 24.5 Å². The molecule has 7 nitrogen and oxygen atoms in total. The third kappa shape index (κ3) is 6.67. The Hall–Kier alpha value is -2.41. The first kappa shape index (κ1) is 20.9. The van der Waals surface area contributed by atoms with Gasteiger partial charge >= 0.3 is 5.97 Å². The fourth-order valence-electron chi connectivity index (χ4n) is 2.64. The summed E-state index contributed by atoms with van der Waals surface area (Å²) < 4.78 is 9.96. The van der Waals surface area contributed by atoms with Crippen LogP contribution < -0.4 is 10.6 Å². The van der Waals surface area contributed by atoms with Crippen molar-refractivity contribution in [1.29, 1.82) is 0 Å². The molecule has 3 atom stereocenters. The molecule has 2 amide bonds. The average Bonchev–Trinajstić information content (AvgIpc) is 3.43. The van der Waals surface area contributed by atoms with Crippen LogP contribution in [0.1, 0.15) is 32.8 Å². The van der Waals surface area contributed by atoms with Crippen molar-refractivity contribution in [2.75, 3.05) is 13.2 Å². The highest BCUT2D eigenvalue weighted by Crippen LogP contribution is 2.24. The Morgan fingerprint density at radius 2 is 1.85 bits per heavy atom. The molecule has 0 aromatic heterocycles. The summed E-state index contributed by atoms with van der Waals surface area (Å²) in [5.41, 5.74) is 0.931. The fourth-order valence-corrected chi connectivity index (χ4v) is 2.64. The van der Waals surface area contributed by atoms with Crippen LogP contribution in [-0.2, 0) is 30.3 Å². The number of ether oxygens (including phenoxy) is 2. The Balaban J connectivity index is 1.96. The number of hydrogen-bond donors (Lipinski definition) is 2. The van der Waals surface area contributed by atoms with Crippen molar-refractivity contribution in [1.82, 2.24) is 10.6 Å². The third-order valence-corrected chi connectivity index (χ3v) is 4.21. The maximum atomic E-state index is 12.6. The Kier molecular flexibility index (Phi) is 7.79. The second-order valence-corrected chi connectivity index (χ2v) is 6.95. The van der Waals surface area contributed by atoms with Crippen molar-refractivity contribution in [2.24, 2.45) is 5.92 Å². The third-order valence-electron chi connectivity index (χ3n) is 4.21. The van der Waals surface area contributed by atoms with Crippen molar-refractivity contribution in [3.63, 3.8) is 0 Å². The molecule has 1 aliphatic heterocycles. The minimum absolute atomic E-state index is 0.224. The lowest BCUT2D eigenvalue weighted by Crippen LogP contribution is -2.50. The summed E-state index contributed by atoms with van der Waals surface area (Å²) in [5.74, 6) is -0.814. The van der Waals surface area contributed by atoms with E-state index in [1.165, 1.54) is 0 Å². The first-order chi connectivity index (χ1) is 12.9. The standard InChI is InChI=1S/C20H28N2O5/c1-4-26-20(25)17-16(27-17)19(24)22-15(12-14-8-6-5-7-9-14)18(23)21-11-10-13(2)3/h5-9,13,15-17H,4,10-12H2,1-3H3,(H,21,23)(H,22,24)/t15-,16-,17-/m1/s1. The summed E-state index contributed by atoms with van der Waals surface area (Å²) in [7, 11) is 0. The molecule has 1 fully saturated rings. The number of epoxide rings is 1. The van der Waals surface area contributed by atoms with E-state index >= 15 is 0 Å². The van der Waals surface area contributed by atoms with E-state index in [1.807, 2.05) is 30.3 Å². The van der Waals surface area contributed by atoms with Crippen molar-refractivity contribution >= 4 is 17.8 Å². The van der Waals surface area contributed by atoms with Gasteiger partial charge < -0.3 is 20.1 Å². The molecule has 0 saturated carbocycles. The van der Waals surface area contributed by atoms with Gasteiger partial charge in [-0.3, -0.25) is 9.59 Å². The van der Waals surface area contributed by atoms with Crippen molar-refractivity contribution in [3.8, 4) is 0 Å². The Bertz CT molecular complexity index is 647. The summed E-state index contributed by atoms with van der Waals surface area (Å²) in [6, 6.07) is 8.71. The van der Waals surface area contributed by atoms with Crippen LogP contribution in [0.3, 0.4) is 0 Å². The van der Waals surface area contributed by atoms with Gasteiger partial charge in [0.1, 0.15) is 6.04 Å². The van der Waals surface area contributed by atoms with Gasteiger partial charge in [-0.1, -0.05) is 44.2 Å². The molecule has 1 heterocycles. The van der Waals surface area contributed by atoms with E-state index < -0.39 is 30.1 Å². The maximum absolute atomic E-state index is 12.6. The molecule has 7 heteroatoms. The van der Waals surface area contributed by atoms with Gasteiger partial charge in [-0.2, -0.15) is 0 Å². The number of rotatable bonds is 10. The lowest BCUT2D eigenvalue weighted by atomic mass is 10.0. The summed E-state index contributed by atoms with van der Waals surface area (Å²) in [4.78, 5) is 36.6. The molecule has 1 aromatic rings. The van der Waals surface area contributed by atoms with E-state index in [0.29, 0.717) is 18.9 Å². The molecule has 0 bridgehead atoms. The second kappa shape index (κ2) is 10.1. The van der Waals surface area contributed by atoms with Gasteiger partial charge in [0.05, 0.1) is 6.61 Å². The monoisotopic (exact) mass is 376 g/mol. The van der Waals surface area contributed by atoms with Gasteiger partial charge in [-0.05, 0) is 24.8 Å². The van der Waals surface area contributed by atoms with Crippen LogP contribution in [0, 0.1) is 5.92 Å². The zero-order chi connectivity index (χ0) is 19.8. The van der Waals surface area contributed by atoms with Gasteiger partial charge in [0.2, 0.25) is 5.91 Å². The van der Waals surface area contributed by atoms with E-state index in [4.69, 9.17) is 9.47 Å². The molecule has 0 spiro atoms. The van der Waals surface area contributed by atoms with Gasteiger partial charge in [0.25, 0.3) is 5.91 Å². The summed E-state index contributed by atoms with van der Waals surface area (Å²) in [5, 5.41) is 5.58. The fraction of sp³-hybridized carbons (Fsp3) is 0.550. The Morgan fingerprint density at radius 3 is 2.48 bits per heavy atom. The zero-order valence-corrected chi connectivity index (χ0v) is 16.1. The van der Waals surface area contributed by atoms with E-state index in [-0.39, 0.29) is 12.5 Å². The molecule has 2 rings (SSSR count). The van der Waals surface area contributed by atoms with Crippen LogP contribution >= 0.6 is 0 Å². The largest absolute Gasteiger partial charge is 0.464 e. The normalized spacial score (nSPS) is 19.3. The summed E-state index contributed by atoms with van der Waals surface area (Å²) in [6.07, 6.45) is -0.567. The SMILES string of the molecule is CCOC(=O)[C@@H]1O[C@H]1C(=O)N[C@H](Cc1ccccc1)C(=O)NCCC(C)C. The van der Waals surface area contributed by atoms with Crippen LogP contribution in [0.5, 0.6) is 0 Å². The molecule has 0 unspecified atom stereocenters. The van der Waals surface area contributed by atoms with Crippen molar-refractivity contribution in [2.45, 2.75) is 51.9 Å². The first-order valence-electron chi connectivity index (χ1n) is 9.36. The predicted molar refractivity (Wildman–Crippen MR) is 99.8 cm³/mol. The van der Waals surface area contributed by atoms with Crippen LogP contribution in [0.25, 0.3) is 0 Å². The minimum atomic E-state index is -0.897. The second-order valence-electron chi connectivity index (χ2n) is 6.95. The number of carbonyl (C=O) groups is 3. The van der Waals surface area contributed by atoms with Gasteiger partial charge in [-0.25, -0.2) is 4.79 Å². The quantitative estimate of drug-likeness (QED) is 0.473. The highest BCUT2D eigenvalue weighted by molar-refractivity contribution is 5.95. The smallest absolute Gasteiger partial charge is 0.338 e. The van der Waals surface area contributed by atoms with Gasteiger partial charge in [-0.15, -0.1) is 0 Å². The summed E-state index contributed by atoms with van der Waals surface area (Å²) in [6.45, 7) is 6.61. The number of benzene rings is 1. The highest BCUT2D eigenvalue weighted by Gasteiger charge is 2.52. The van der Waals surface area contributed by atoms with Crippen LogP contribution in [0.15, 0.2) is 30.3 Å². The number of carbonyl (C=O) groups excluding carboxylic acids is 3. The molecule has 1 aliphatic rings. The molecular weight excluding hydrogens is 348 g/mol. The molecule has 1 saturated heterocycles. The lowest BCUT2D eigenvalue weighted by molar-refractivity contribution is -0.144. The van der Waals surface area contributed by atoms with Crippen LogP contribution in [-0.4, -0.2) is 49.2 Å². The minimum Gasteiger partial charge on any atom is -0.464 e. The van der Waals surface area contributed by atoms with Gasteiger partial charge in [0.15, 0.2) is 12.2 Å². The van der Waals surface area contributed by atoms with Crippen molar-refractivity contribution in [3.05, 3.63) is 35.9 Å². The maximum Gasteiger partial charge on any atom is 0.338 e. The number of esters is 1. The molecule has 0 radical (unpaired) electrons. The van der Waals surface area contributed by atoms with E-state index in [0.717, 1.165) is 12.0 Å². The van der Waals surface area contributed by atoms with Gasteiger partial charge in [0, 0.05) is 13.0 Å². The van der Waals surface area contributed by atoms with Crippen LogP contribution in [0.4, 0.5) is 0 Å².